The Morgan fingerprint density at radius 3 is 2.53 bits per heavy atom. The fourth-order valence-electron chi connectivity index (χ4n) is 0.940. The van der Waals surface area contributed by atoms with Gasteiger partial charge in [0.2, 0.25) is 0 Å². The summed E-state index contributed by atoms with van der Waals surface area (Å²) in [6, 6.07) is 8.52. The van der Waals surface area contributed by atoms with E-state index in [4.69, 9.17) is 9.47 Å². The number of ether oxygens (including phenoxy) is 2. The molecule has 0 aliphatic carbocycles. The van der Waals surface area contributed by atoms with Crippen molar-refractivity contribution in [3.63, 3.8) is 0 Å². The smallest absolute Gasteiger partial charge is 1.00 e. The number of halogens is 1. The number of rotatable bonds is 5. The van der Waals surface area contributed by atoms with Crippen molar-refractivity contribution in [3.05, 3.63) is 24.3 Å². The molecule has 0 atom stereocenters. The van der Waals surface area contributed by atoms with Gasteiger partial charge in [0.15, 0.2) is 0 Å². The molecular weight excluding hydrogens is 268 g/mol. The van der Waals surface area contributed by atoms with Crippen LogP contribution in [0.1, 0.15) is 19.8 Å². The molecule has 0 aliphatic heterocycles. The second kappa shape index (κ2) is 10.6. The molecule has 80 valence electrons. The Kier molecular flexibility index (Phi) is 12.3. The molecule has 0 radical (unpaired) electrons. The van der Waals surface area contributed by atoms with Gasteiger partial charge in [-0.25, -0.2) is 0 Å². The predicted molar refractivity (Wildman–Crippen MR) is 58.0 cm³/mol. The maximum atomic E-state index is 5.43. The molecule has 0 heterocycles. The number of unbranched alkanes of at least 4 members (excludes halogenated alkanes) is 1. The molecule has 4 heteroatoms. The van der Waals surface area contributed by atoms with E-state index < -0.39 is 0 Å². The van der Waals surface area contributed by atoms with E-state index in [2.05, 4.69) is 13.0 Å². The summed E-state index contributed by atoms with van der Waals surface area (Å²) in [5.41, 5.74) is 0. The summed E-state index contributed by atoms with van der Waals surface area (Å²) in [5, 5.41) is 0. The maximum Gasteiger partial charge on any atom is 2.00 e. The van der Waals surface area contributed by atoms with Gasteiger partial charge in [0.05, 0.1) is 13.7 Å². The average Bonchev–Trinajstić information content (AvgIpc) is 2.19. The van der Waals surface area contributed by atoms with Gasteiger partial charge < -0.3 is 26.5 Å². The van der Waals surface area contributed by atoms with Gasteiger partial charge in [0.1, 0.15) is 0 Å². The van der Waals surface area contributed by atoms with Crippen LogP contribution in [0.25, 0.3) is 0 Å². The Labute approximate surface area is 118 Å². The number of methoxy groups -OCH3 is 1. The molecule has 0 spiro atoms. The molecule has 0 unspecified atom stereocenters. The summed E-state index contributed by atoms with van der Waals surface area (Å²) in [5.74, 6) is 1.59. The van der Waals surface area contributed by atoms with Gasteiger partial charge in [-0.2, -0.15) is 0 Å². The first-order valence-electron chi connectivity index (χ1n) is 4.55. The molecule has 0 aliphatic rings. The Hall–Kier alpha value is 0.0662. The van der Waals surface area contributed by atoms with Crippen LogP contribution < -0.4 is 26.5 Å². The second-order valence-electron chi connectivity index (χ2n) is 2.79. The normalized spacial score (nSPS) is 8.40. The quantitative estimate of drug-likeness (QED) is 0.404. The van der Waals surface area contributed by atoms with Gasteiger partial charge in [-0.3, -0.25) is 0 Å². The molecule has 1 aromatic carbocycles. The Balaban J connectivity index is 0. The van der Waals surface area contributed by atoms with Crippen molar-refractivity contribution in [2.75, 3.05) is 13.7 Å². The zero-order valence-electron chi connectivity index (χ0n) is 9.25. The molecule has 2 nitrogen and oxygen atoms in total. The van der Waals surface area contributed by atoms with E-state index in [1.54, 1.807) is 13.2 Å². The van der Waals surface area contributed by atoms with Crippen LogP contribution in [0.2, 0.25) is 0 Å². The van der Waals surface area contributed by atoms with Gasteiger partial charge in [0.25, 0.3) is 0 Å². The molecule has 0 N–H and O–H groups in total. The van der Waals surface area contributed by atoms with Crippen LogP contribution >= 0.6 is 0 Å². The predicted octanol–water partition coefficient (Wildman–Crippen LogP) is -0.703. The van der Waals surface area contributed by atoms with E-state index in [0.29, 0.717) is 0 Å². The van der Waals surface area contributed by atoms with Crippen molar-refractivity contribution in [3.8, 4) is 11.5 Å². The van der Waals surface area contributed by atoms with Gasteiger partial charge in [0, 0.05) is 11.5 Å². The van der Waals surface area contributed by atoms with Gasteiger partial charge >= 0.3 is 23.1 Å². The van der Waals surface area contributed by atoms with Crippen LogP contribution in [0.4, 0.5) is 0 Å². The van der Waals surface area contributed by atoms with Crippen LogP contribution in [-0.4, -0.2) is 36.8 Å². The summed E-state index contributed by atoms with van der Waals surface area (Å²) < 4.78 is 10.4. The van der Waals surface area contributed by atoms with Crippen LogP contribution in [0.15, 0.2) is 18.2 Å². The van der Waals surface area contributed by atoms with Crippen molar-refractivity contribution in [2.24, 2.45) is 0 Å². The molecule has 1 aromatic rings. The monoisotopic (exact) mass is 282 g/mol. The molecule has 0 aromatic heterocycles. The first-order chi connectivity index (χ1) is 6.36. The molecule has 1 rings (SSSR count). The molecule has 15 heavy (non-hydrogen) atoms. The third-order valence-corrected chi connectivity index (χ3v) is 1.75. The van der Waals surface area contributed by atoms with E-state index in [-0.39, 0.29) is 40.0 Å². The summed E-state index contributed by atoms with van der Waals surface area (Å²) in [4.78, 5) is 0. The summed E-state index contributed by atoms with van der Waals surface area (Å²) in [6.07, 6.45) is 2.23. The van der Waals surface area contributed by atoms with Crippen LogP contribution in [-0.2, 0) is 0 Å². The van der Waals surface area contributed by atoms with E-state index in [1.165, 1.54) is 0 Å². The number of hydrogen-bond acceptors (Lipinski definition) is 2. The third-order valence-electron chi connectivity index (χ3n) is 1.75. The van der Waals surface area contributed by atoms with E-state index in [1.807, 2.05) is 12.1 Å². The first-order valence-corrected chi connectivity index (χ1v) is 4.55. The average molecular weight is 283 g/mol. The maximum absolute atomic E-state index is 5.43. The molecule has 0 saturated heterocycles. The number of benzene rings is 1. The Morgan fingerprint density at radius 1 is 1.33 bits per heavy atom. The van der Waals surface area contributed by atoms with Crippen molar-refractivity contribution >= 4 is 23.1 Å². The first kappa shape index (κ1) is 17.5. The van der Waals surface area contributed by atoms with Gasteiger partial charge in [-0.05, 0) is 6.42 Å². The number of hydrogen-bond donors (Lipinski definition) is 0. The Bertz CT molecular complexity index is 239. The van der Waals surface area contributed by atoms with Crippen LogP contribution in [0.3, 0.4) is 0 Å². The Morgan fingerprint density at radius 2 is 2.07 bits per heavy atom. The molecule has 0 amide bonds. The van der Waals surface area contributed by atoms with E-state index >= 15 is 0 Å². The van der Waals surface area contributed by atoms with Crippen LogP contribution in [0, 0.1) is 6.07 Å². The van der Waals surface area contributed by atoms with Gasteiger partial charge in [-0.15, -0.1) is 24.3 Å². The molecular formula is C11H15BrMgO2. The topological polar surface area (TPSA) is 18.5 Å². The van der Waals surface area contributed by atoms with Crippen molar-refractivity contribution in [1.29, 1.82) is 0 Å². The van der Waals surface area contributed by atoms with Crippen molar-refractivity contribution < 1.29 is 26.5 Å². The minimum Gasteiger partial charge on any atom is -1.00 e. The van der Waals surface area contributed by atoms with E-state index in [0.717, 1.165) is 30.9 Å². The summed E-state index contributed by atoms with van der Waals surface area (Å²) in [7, 11) is 1.64. The van der Waals surface area contributed by atoms with E-state index in [9.17, 15) is 0 Å². The minimum absolute atomic E-state index is 0. The second-order valence-corrected chi connectivity index (χ2v) is 2.79. The van der Waals surface area contributed by atoms with Gasteiger partial charge in [-0.1, -0.05) is 13.3 Å². The minimum atomic E-state index is 0. The molecule has 0 saturated carbocycles. The molecule has 0 fully saturated rings. The fourth-order valence-corrected chi connectivity index (χ4v) is 0.940. The SMILES string of the molecule is CCCCOc1[c-]cc(OC)cc1.[Br-].[Mg+2]. The summed E-state index contributed by atoms with van der Waals surface area (Å²) >= 11 is 0. The summed E-state index contributed by atoms with van der Waals surface area (Å²) in [6.45, 7) is 2.90. The fraction of sp³-hybridized carbons (Fsp3) is 0.455. The van der Waals surface area contributed by atoms with Crippen molar-refractivity contribution in [2.45, 2.75) is 19.8 Å². The standard InChI is InChI=1S/C11H15O2.BrH.Mg/c1-3-4-9-13-11-7-5-10(12-2)6-8-11;;/h5-7H,3-4,9H2,1-2H3;1H;/q-1;;+2/p-1. The van der Waals surface area contributed by atoms with Crippen LogP contribution in [0.5, 0.6) is 11.5 Å². The largest absolute Gasteiger partial charge is 2.00 e. The van der Waals surface area contributed by atoms with Crippen molar-refractivity contribution in [1.82, 2.24) is 0 Å². The molecule has 0 bridgehead atoms. The zero-order valence-corrected chi connectivity index (χ0v) is 12.3. The zero-order chi connectivity index (χ0) is 9.52. The third kappa shape index (κ3) is 7.03.